The van der Waals surface area contributed by atoms with Crippen molar-refractivity contribution in [3.8, 4) is 0 Å². The van der Waals surface area contributed by atoms with Crippen molar-refractivity contribution in [2.75, 3.05) is 19.8 Å². The van der Waals surface area contributed by atoms with Gasteiger partial charge in [0.25, 0.3) is 0 Å². The molecule has 0 aliphatic carbocycles. The Labute approximate surface area is 128 Å². The number of hydrogen-bond donors (Lipinski definition) is 1. The lowest BCUT2D eigenvalue weighted by Crippen LogP contribution is -2.63. The second-order valence-corrected chi connectivity index (χ2v) is 6.62. The SMILES string of the molecule is CCC1C(=O)NC(CC(C)C)C(=O)N1CCOCC(C)C. The van der Waals surface area contributed by atoms with Gasteiger partial charge in [-0.2, -0.15) is 0 Å². The van der Waals surface area contributed by atoms with Crippen LogP contribution >= 0.6 is 0 Å². The van der Waals surface area contributed by atoms with E-state index in [1.165, 1.54) is 0 Å². The van der Waals surface area contributed by atoms with Gasteiger partial charge in [-0.25, -0.2) is 0 Å². The molecule has 1 saturated heterocycles. The third kappa shape index (κ3) is 5.30. The molecule has 2 atom stereocenters. The van der Waals surface area contributed by atoms with E-state index in [2.05, 4.69) is 33.0 Å². The molecule has 2 unspecified atom stereocenters. The number of carbonyl (C=O) groups is 2. The maximum Gasteiger partial charge on any atom is 0.245 e. The van der Waals surface area contributed by atoms with Crippen molar-refractivity contribution in [1.29, 1.82) is 0 Å². The van der Waals surface area contributed by atoms with Crippen LogP contribution in [0.15, 0.2) is 0 Å². The molecule has 0 spiro atoms. The third-order valence-electron chi connectivity index (χ3n) is 3.60. The van der Waals surface area contributed by atoms with Gasteiger partial charge in [-0.1, -0.05) is 34.6 Å². The minimum absolute atomic E-state index is 0.0308. The Balaban J connectivity index is 2.65. The summed E-state index contributed by atoms with van der Waals surface area (Å²) < 4.78 is 5.56. The Kier molecular flexibility index (Phi) is 7.15. The second kappa shape index (κ2) is 8.37. The molecule has 1 fully saturated rings. The molecular weight excluding hydrogens is 268 g/mol. The summed E-state index contributed by atoms with van der Waals surface area (Å²) in [5.74, 6) is 0.840. The molecule has 21 heavy (non-hydrogen) atoms. The van der Waals surface area contributed by atoms with Crippen molar-refractivity contribution in [3.63, 3.8) is 0 Å². The largest absolute Gasteiger partial charge is 0.379 e. The lowest BCUT2D eigenvalue weighted by molar-refractivity contribution is -0.150. The van der Waals surface area contributed by atoms with Crippen molar-refractivity contribution in [3.05, 3.63) is 0 Å². The molecule has 1 heterocycles. The quantitative estimate of drug-likeness (QED) is 0.695. The van der Waals surface area contributed by atoms with E-state index >= 15 is 0 Å². The third-order valence-corrected chi connectivity index (χ3v) is 3.60. The number of piperazine rings is 1. The molecule has 2 amide bonds. The zero-order valence-corrected chi connectivity index (χ0v) is 14.0. The molecule has 1 rings (SSSR count). The fourth-order valence-electron chi connectivity index (χ4n) is 2.61. The van der Waals surface area contributed by atoms with Crippen molar-refractivity contribution >= 4 is 11.8 Å². The molecule has 0 radical (unpaired) electrons. The van der Waals surface area contributed by atoms with Gasteiger partial charge in [0.1, 0.15) is 12.1 Å². The van der Waals surface area contributed by atoms with Crippen LogP contribution in [0.1, 0.15) is 47.5 Å². The van der Waals surface area contributed by atoms with Crippen LogP contribution in [0.3, 0.4) is 0 Å². The van der Waals surface area contributed by atoms with Gasteiger partial charge in [-0.05, 0) is 24.7 Å². The smallest absolute Gasteiger partial charge is 0.245 e. The van der Waals surface area contributed by atoms with Gasteiger partial charge >= 0.3 is 0 Å². The molecule has 0 aromatic heterocycles. The predicted molar refractivity (Wildman–Crippen MR) is 82.8 cm³/mol. The van der Waals surface area contributed by atoms with Crippen LogP contribution in [0.25, 0.3) is 0 Å². The van der Waals surface area contributed by atoms with Gasteiger partial charge in [-0.3, -0.25) is 9.59 Å². The van der Waals surface area contributed by atoms with Crippen LogP contribution in [0.2, 0.25) is 0 Å². The van der Waals surface area contributed by atoms with Gasteiger partial charge in [0.15, 0.2) is 0 Å². The van der Waals surface area contributed by atoms with Gasteiger partial charge in [0.2, 0.25) is 11.8 Å². The average Bonchev–Trinajstić information content (AvgIpc) is 2.38. The summed E-state index contributed by atoms with van der Waals surface area (Å²) in [5, 5.41) is 2.87. The molecule has 122 valence electrons. The molecule has 0 saturated carbocycles. The van der Waals surface area contributed by atoms with Crippen LogP contribution in [-0.2, 0) is 14.3 Å². The molecule has 1 aliphatic rings. The summed E-state index contributed by atoms with van der Waals surface area (Å²) in [6.07, 6.45) is 1.32. The van der Waals surface area contributed by atoms with Crippen LogP contribution in [0.4, 0.5) is 0 Å². The first-order valence-corrected chi connectivity index (χ1v) is 8.05. The zero-order valence-electron chi connectivity index (χ0n) is 14.0. The molecule has 0 aromatic carbocycles. The monoisotopic (exact) mass is 298 g/mol. The van der Waals surface area contributed by atoms with Crippen LogP contribution in [0, 0.1) is 11.8 Å². The van der Waals surface area contributed by atoms with E-state index in [-0.39, 0.29) is 23.9 Å². The van der Waals surface area contributed by atoms with Crippen LogP contribution in [0.5, 0.6) is 0 Å². The second-order valence-electron chi connectivity index (χ2n) is 6.62. The summed E-state index contributed by atoms with van der Waals surface area (Å²) in [5.41, 5.74) is 0. The number of hydrogen-bond acceptors (Lipinski definition) is 3. The number of amides is 2. The minimum atomic E-state index is -0.384. The Morgan fingerprint density at radius 1 is 1.19 bits per heavy atom. The summed E-state index contributed by atoms with van der Waals surface area (Å²) >= 11 is 0. The molecule has 0 aromatic rings. The number of nitrogens with one attached hydrogen (secondary N) is 1. The summed E-state index contributed by atoms with van der Waals surface area (Å²) in [7, 11) is 0. The molecule has 1 N–H and O–H groups in total. The number of nitrogens with zero attached hydrogens (tertiary/aromatic N) is 1. The van der Waals surface area contributed by atoms with Crippen molar-refractivity contribution < 1.29 is 14.3 Å². The maximum atomic E-state index is 12.6. The van der Waals surface area contributed by atoms with Crippen molar-refractivity contribution in [2.24, 2.45) is 11.8 Å². The first-order valence-electron chi connectivity index (χ1n) is 8.05. The van der Waals surface area contributed by atoms with E-state index in [9.17, 15) is 9.59 Å². The standard InChI is InChI=1S/C16H30N2O3/c1-6-14-15(19)17-13(9-11(2)3)16(20)18(14)7-8-21-10-12(4)5/h11-14H,6-10H2,1-5H3,(H,17,19). The minimum Gasteiger partial charge on any atom is -0.379 e. The Morgan fingerprint density at radius 3 is 2.38 bits per heavy atom. The fourth-order valence-corrected chi connectivity index (χ4v) is 2.61. The fraction of sp³-hybridized carbons (Fsp3) is 0.875. The van der Waals surface area contributed by atoms with Gasteiger partial charge < -0.3 is 15.0 Å². The lowest BCUT2D eigenvalue weighted by Gasteiger charge is -2.39. The highest BCUT2D eigenvalue weighted by Crippen LogP contribution is 2.17. The Hall–Kier alpha value is -1.10. The zero-order chi connectivity index (χ0) is 16.0. The topological polar surface area (TPSA) is 58.6 Å². The average molecular weight is 298 g/mol. The van der Waals surface area contributed by atoms with Gasteiger partial charge in [0.05, 0.1) is 6.61 Å². The van der Waals surface area contributed by atoms with Gasteiger partial charge in [-0.15, -0.1) is 0 Å². The predicted octanol–water partition coefficient (Wildman–Crippen LogP) is 1.81. The van der Waals surface area contributed by atoms with E-state index in [1.807, 2.05) is 6.92 Å². The lowest BCUT2D eigenvalue weighted by atomic mass is 9.98. The molecular formula is C16H30N2O3. The van der Waals surface area contributed by atoms with Crippen molar-refractivity contribution in [1.82, 2.24) is 10.2 Å². The van der Waals surface area contributed by atoms with Crippen LogP contribution in [-0.4, -0.2) is 48.6 Å². The summed E-state index contributed by atoms with van der Waals surface area (Å²) in [6, 6.07) is -0.742. The number of rotatable bonds is 8. The number of carbonyl (C=O) groups excluding carboxylic acids is 2. The highest BCUT2D eigenvalue weighted by molar-refractivity contribution is 5.96. The molecule has 1 aliphatic heterocycles. The Bertz CT molecular complexity index is 355. The van der Waals surface area contributed by atoms with E-state index in [4.69, 9.17) is 4.74 Å². The maximum absolute atomic E-state index is 12.6. The van der Waals surface area contributed by atoms with E-state index in [0.717, 1.165) is 0 Å². The van der Waals surface area contributed by atoms with Crippen LogP contribution < -0.4 is 5.32 Å². The highest BCUT2D eigenvalue weighted by atomic mass is 16.5. The van der Waals surface area contributed by atoms with E-state index < -0.39 is 0 Å². The number of ether oxygens (including phenoxy) is 1. The van der Waals surface area contributed by atoms with E-state index in [1.54, 1.807) is 4.90 Å². The molecule has 5 nitrogen and oxygen atoms in total. The molecule has 0 bridgehead atoms. The van der Waals surface area contributed by atoms with E-state index in [0.29, 0.717) is 44.4 Å². The van der Waals surface area contributed by atoms with Gasteiger partial charge in [0, 0.05) is 13.2 Å². The first-order chi connectivity index (χ1) is 9.86. The first kappa shape index (κ1) is 18.0. The van der Waals surface area contributed by atoms with Crippen molar-refractivity contribution in [2.45, 2.75) is 59.5 Å². The summed E-state index contributed by atoms with van der Waals surface area (Å²) in [4.78, 5) is 26.4. The highest BCUT2D eigenvalue weighted by Gasteiger charge is 2.39. The normalized spacial score (nSPS) is 23.1. The summed E-state index contributed by atoms with van der Waals surface area (Å²) in [6.45, 7) is 11.9. The molecule has 5 heteroatoms. The Morgan fingerprint density at radius 2 is 1.86 bits per heavy atom.